The fourth-order valence-electron chi connectivity index (χ4n) is 7.62. The molecule has 47 heavy (non-hydrogen) atoms. The first-order valence-electron chi connectivity index (χ1n) is 16.4. The monoisotopic (exact) mass is 643 g/mol. The highest BCUT2D eigenvalue weighted by Crippen LogP contribution is 2.59. The number of hydrogen-bond donors (Lipinski definition) is 2. The summed E-state index contributed by atoms with van der Waals surface area (Å²) in [5, 5.41) is 12.6. The zero-order valence-corrected chi connectivity index (χ0v) is 27.2. The van der Waals surface area contributed by atoms with Crippen LogP contribution in [0.25, 0.3) is 0 Å². The van der Waals surface area contributed by atoms with Crippen molar-refractivity contribution >= 4 is 29.4 Å². The lowest BCUT2D eigenvalue weighted by atomic mass is 9.70. The number of amides is 3. The Balaban J connectivity index is 1.46. The molecule has 3 amide bonds. The van der Waals surface area contributed by atoms with Crippen LogP contribution in [0.5, 0.6) is 0 Å². The van der Waals surface area contributed by atoms with Gasteiger partial charge in [-0.2, -0.15) is 0 Å². The molecule has 5 rings (SSSR count). The number of nitrogens with one attached hydrogen (secondary N) is 1. The van der Waals surface area contributed by atoms with E-state index in [2.05, 4.69) is 18.5 Å². The number of para-hydroxylation sites is 1. The third-order valence-corrected chi connectivity index (χ3v) is 9.64. The smallest absolute Gasteiger partial charge is 0.313 e. The van der Waals surface area contributed by atoms with Gasteiger partial charge in [-0.1, -0.05) is 60.7 Å². The summed E-state index contributed by atoms with van der Waals surface area (Å²) in [6.45, 7) is 11.7. The molecule has 2 aromatic rings. The van der Waals surface area contributed by atoms with Crippen LogP contribution in [0.2, 0.25) is 0 Å². The van der Waals surface area contributed by atoms with Crippen molar-refractivity contribution in [2.45, 2.75) is 69.8 Å². The lowest BCUT2D eigenvalue weighted by Crippen LogP contribution is -2.56. The van der Waals surface area contributed by atoms with Gasteiger partial charge in [-0.25, -0.2) is 0 Å². The van der Waals surface area contributed by atoms with Crippen LogP contribution >= 0.6 is 0 Å². The second-order valence-electron chi connectivity index (χ2n) is 12.6. The van der Waals surface area contributed by atoms with Crippen molar-refractivity contribution in [1.82, 2.24) is 10.2 Å². The third kappa shape index (κ3) is 6.49. The van der Waals surface area contributed by atoms with Crippen LogP contribution in [0.3, 0.4) is 0 Å². The molecule has 0 aliphatic carbocycles. The molecular weight excluding hydrogens is 598 g/mol. The molecule has 250 valence electrons. The Morgan fingerprint density at radius 1 is 1.13 bits per heavy atom. The molecule has 3 aliphatic heterocycles. The van der Waals surface area contributed by atoms with E-state index in [-0.39, 0.29) is 56.8 Å². The van der Waals surface area contributed by atoms with Gasteiger partial charge in [0, 0.05) is 31.8 Å². The summed E-state index contributed by atoms with van der Waals surface area (Å²) in [7, 11) is 0. The number of fused-ring (bicyclic) bond motifs is 1. The molecule has 2 bridgehead atoms. The highest BCUT2D eigenvalue weighted by atomic mass is 16.6. The number of rotatable bonds is 15. The van der Waals surface area contributed by atoms with E-state index in [1.807, 2.05) is 62.4 Å². The molecular formula is C37H45N3O7. The number of allylic oxidation sites excluding steroid dienone is 1. The number of esters is 1. The van der Waals surface area contributed by atoms with Gasteiger partial charge in [0.05, 0.1) is 24.5 Å². The topological polar surface area (TPSA) is 125 Å². The van der Waals surface area contributed by atoms with Crippen molar-refractivity contribution in [3.05, 3.63) is 90.5 Å². The van der Waals surface area contributed by atoms with Crippen LogP contribution in [0.15, 0.2) is 73.8 Å². The number of anilines is 1. The summed E-state index contributed by atoms with van der Waals surface area (Å²) in [4.78, 5) is 58.7. The van der Waals surface area contributed by atoms with Crippen LogP contribution in [0.4, 0.5) is 5.69 Å². The van der Waals surface area contributed by atoms with E-state index in [1.54, 1.807) is 17.1 Å². The number of ether oxygens (including phenoxy) is 2. The van der Waals surface area contributed by atoms with Crippen molar-refractivity contribution in [3.8, 4) is 0 Å². The molecule has 3 heterocycles. The lowest BCUT2D eigenvalue weighted by molar-refractivity contribution is -0.160. The molecule has 2 aromatic carbocycles. The Kier molecular flexibility index (Phi) is 10.6. The zero-order chi connectivity index (χ0) is 33.7. The number of aliphatic hydroxyl groups excluding tert-OH is 1. The standard InChI is InChI=1S/C37H45N3O7/c1-5-7-17-29(42)38-23-28(26-15-9-8-10-16-26)46-36(45)30-27-18-19-37(47-27)31(30)34(43)40(21-12-22-41)33(37)35(44)39(20-6-2)32-24(3)13-11-14-25(32)4/h5-6,8-11,13-16,27-28,30-31,33,41H,1-2,7,12,17-23H2,3-4H3,(H,38,42)/t27-,28+,30+,31+,33-,37+/m1/s1. The first-order chi connectivity index (χ1) is 22.7. The van der Waals surface area contributed by atoms with Gasteiger partial charge in [0.15, 0.2) is 0 Å². The van der Waals surface area contributed by atoms with Crippen molar-refractivity contribution < 1.29 is 33.8 Å². The van der Waals surface area contributed by atoms with E-state index in [4.69, 9.17) is 9.47 Å². The quantitative estimate of drug-likeness (QED) is 0.223. The van der Waals surface area contributed by atoms with Crippen molar-refractivity contribution in [2.75, 3.05) is 31.1 Å². The van der Waals surface area contributed by atoms with Crippen LogP contribution < -0.4 is 10.2 Å². The summed E-state index contributed by atoms with van der Waals surface area (Å²) in [5.41, 5.74) is 2.03. The predicted octanol–water partition coefficient (Wildman–Crippen LogP) is 3.95. The number of aryl methyl sites for hydroxylation is 2. The molecule has 0 aromatic heterocycles. The van der Waals surface area contributed by atoms with Gasteiger partial charge >= 0.3 is 5.97 Å². The highest BCUT2D eigenvalue weighted by molar-refractivity contribution is 6.05. The minimum absolute atomic E-state index is 0.0593. The number of carbonyl (C=O) groups is 4. The lowest BCUT2D eigenvalue weighted by Gasteiger charge is -2.37. The highest BCUT2D eigenvalue weighted by Gasteiger charge is 2.75. The van der Waals surface area contributed by atoms with Gasteiger partial charge in [-0.15, -0.1) is 13.2 Å². The van der Waals surface area contributed by atoms with Crippen LogP contribution in [0, 0.1) is 25.7 Å². The van der Waals surface area contributed by atoms with Gasteiger partial charge in [0.2, 0.25) is 11.8 Å². The molecule has 0 radical (unpaired) electrons. The van der Waals surface area contributed by atoms with Crippen LogP contribution in [-0.4, -0.2) is 77.7 Å². The van der Waals surface area contributed by atoms with Crippen molar-refractivity contribution in [2.24, 2.45) is 11.8 Å². The van der Waals surface area contributed by atoms with Crippen LogP contribution in [0.1, 0.15) is 54.9 Å². The average Bonchev–Trinajstić information content (AvgIpc) is 3.71. The summed E-state index contributed by atoms with van der Waals surface area (Å²) in [5.74, 6) is -3.31. The molecule has 10 nitrogen and oxygen atoms in total. The predicted molar refractivity (Wildman–Crippen MR) is 177 cm³/mol. The molecule has 2 N–H and O–H groups in total. The van der Waals surface area contributed by atoms with Gasteiger partial charge in [0.25, 0.3) is 5.91 Å². The maximum absolute atomic E-state index is 14.7. The number of benzene rings is 2. The van der Waals surface area contributed by atoms with Gasteiger partial charge in [-0.3, -0.25) is 19.2 Å². The first kappa shape index (κ1) is 34.1. The third-order valence-electron chi connectivity index (χ3n) is 9.64. The van der Waals surface area contributed by atoms with Crippen LogP contribution in [-0.2, 0) is 28.7 Å². The second-order valence-corrected chi connectivity index (χ2v) is 12.6. The fourth-order valence-corrected chi connectivity index (χ4v) is 7.62. The maximum Gasteiger partial charge on any atom is 0.313 e. The SMILES string of the molecule is C=CCCC(=O)NC[C@H](OC(=O)[C@@H]1[C@H]2C(=O)N(CCCO)[C@H](C(=O)N(CC=C)c3c(C)cccc3C)[C@]23CC[C@H]1O3)c1ccccc1. The minimum atomic E-state index is -1.23. The second kappa shape index (κ2) is 14.6. The van der Waals surface area contributed by atoms with E-state index < -0.39 is 41.7 Å². The Labute approximate surface area is 276 Å². The zero-order valence-electron chi connectivity index (χ0n) is 27.2. The summed E-state index contributed by atoms with van der Waals surface area (Å²) >= 11 is 0. The largest absolute Gasteiger partial charge is 0.455 e. The van der Waals surface area contributed by atoms with Crippen molar-refractivity contribution in [1.29, 1.82) is 0 Å². The van der Waals surface area contributed by atoms with Gasteiger partial charge in [-0.05, 0) is 56.2 Å². The fraction of sp³-hybridized carbons (Fsp3) is 0.459. The molecule has 1 spiro atoms. The molecule has 3 fully saturated rings. The summed E-state index contributed by atoms with van der Waals surface area (Å²) < 4.78 is 12.7. The normalized spacial score (nSPS) is 24.8. The average molecular weight is 644 g/mol. The Morgan fingerprint density at radius 3 is 2.51 bits per heavy atom. The molecule has 3 aliphatic rings. The van der Waals surface area contributed by atoms with Gasteiger partial charge < -0.3 is 29.7 Å². The summed E-state index contributed by atoms with van der Waals surface area (Å²) in [6.07, 6.45) is 3.90. The molecule has 0 unspecified atom stereocenters. The first-order valence-corrected chi connectivity index (χ1v) is 16.4. The Morgan fingerprint density at radius 2 is 1.85 bits per heavy atom. The number of carbonyl (C=O) groups excluding carboxylic acids is 4. The van der Waals surface area contributed by atoms with E-state index in [1.165, 1.54) is 4.90 Å². The number of aliphatic hydroxyl groups is 1. The van der Waals surface area contributed by atoms with E-state index in [9.17, 15) is 24.3 Å². The van der Waals surface area contributed by atoms with Crippen molar-refractivity contribution in [3.63, 3.8) is 0 Å². The number of hydrogen-bond acceptors (Lipinski definition) is 7. The van der Waals surface area contributed by atoms with Gasteiger partial charge in [0.1, 0.15) is 17.7 Å². The number of nitrogens with zero attached hydrogens (tertiary/aromatic N) is 2. The molecule has 3 saturated heterocycles. The van der Waals surface area contributed by atoms with E-state index >= 15 is 0 Å². The molecule has 10 heteroatoms. The Bertz CT molecular complexity index is 1490. The maximum atomic E-state index is 14.7. The summed E-state index contributed by atoms with van der Waals surface area (Å²) in [6, 6.07) is 13.9. The van der Waals surface area contributed by atoms with E-state index in [0.29, 0.717) is 24.8 Å². The van der Waals surface area contributed by atoms with E-state index in [0.717, 1.165) is 16.8 Å². The molecule has 0 saturated carbocycles. The molecule has 6 atom stereocenters. The minimum Gasteiger partial charge on any atom is -0.455 e. The number of likely N-dealkylation sites (tertiary alicyclic amines) is 1. The Hall–Kier alpha value is -4.28.